The monoisotopic (exact) mass is 345 g/mol. The van der Waals surface area contributed by atoms with Crippen molar-refractivity contribution in [3.8, 4) is 0 Å². The van der Waals surface area contributed by atoms with Crippen molar-refractivity contribution in [3.05, 3.63) is 38.9 Å². The van der Waals surface area contributed by atoms with Gasteiger partial charge < -0.3 is 10.2 Å². The number of amides is 1. The Balaban J connectivity index is 0.00000176. The molecule has 0 bridgehead atoms. The van der Waals surface area contributed by atoms with E-state index in [2.05, 4.69) is 5.32 Å². The van der Waals surface area contributed by atoms with E-state index in [9.17, 15) is 14.9 Å². The van der Waals surface area contributed by atoms with Crippen LogP contribution in [0.3, 0.4) is 0 Å². The maximum Gasteiger partial charge on any atom is 0.283 e. The van der Waals surface area contributed by atoms with Gasteiger partial charge in [-0.25, -0.2) is 0 Å². The second-order valence-corrected chi connectivity index (χ2v) is 6.26. The van der Waals surface area contributed by atoms with Gasteiger partial charge in [-0.2, -0.15) is 0 Å². The van der Waals surface area contributed by atoms with Gasteiger partial charge in [0.25, 0.3) is 11.6 Å². The van der Waals surface area contributed by atoms with Crippen LogP contribution in [-0.2, 0) is 0 Å². The van der Waals surface area contributed by atoms with Crippen molar-refractivity contribution in [2.45, 2.75) is 12.8 Å². The van der Waals surface area contributed by atoms with Crippen molar-refractivity contribution in [3.63, 3.8) is 0 Å². The third kappa shape index (κ3) is 3.04. The number of carbonyl (C=O) groups is 1. The molecule has 120 valence electrons. The first-order valence-corrected chi connectivity index (χ1v) is 7.33. The number of carbonyl (C=O) groups excluding carboxylic acids is 1. The van der Waals surface area contributed by atoms with Crippen molar-refractivity contribution in [1.29, 1.82) is 0 Å². The van der Waals surface area contributed by atoms with Gasteiger partial charge in [-0.05, 0) is 31.5 Å². The molecule has 0 saturated carbocycles. The third-order valence-corrected chi connectivity index (χ3v) is 4.68. The molecule has 0 aliphatic carbocycles. The highest BCUT2D eigenvalue weighted by atomic mass is 35.5. The Labute approximate surface area is 139 Å². The fraction of sp³-hybridized carbons (Fsp3) is 0.500. The Bertz CT molecular complexity index is 603. The smallest absolute Gasteiger partial charge is 0.283 e. The van der Waals surface area contributed by atoms with Gasteiger partial charge in [-0.1, -0.05) is 11.6 Å². The third-order valence-electron chi connectivity index (χ3n) is 4.44. The molecule has 2 saturated heterocycles. The van der Waals surface area contributed by atoms with Crippen molar-refractivity contribution in [1.82, 2.24) is 10.2 Å². The topological polar surface area (TPSA) is 75.5 Å². The van der Waals surface area contributed by atoms with Gasteiger partial charge in [0.1, 0.15) is 5.56 Å². The Morgan fingerprint density at radius 2 is 2.18 bits per heavy atom. The molecule has 2 fully saturated rings. The number of hydrogen-bond donors (Lipinski definition) is 1. The van der Waals surface area contributed by atoms with Crippen molar-refractivity contribution < 1.29 is 9.72 Å². The Morgan fingerprint density at radius 1 is 1.41 bits per heavy atom. The highest BCUT2D eigenvalue weighted by molar-refractivity contribution is 6.31. The molecule has 1 spiro atoms. The van der Waals surface area contributed by atoms with Crippen LogP contribution < -0.4 is 5.32 Å². The van der Waals surface area contributed by atoms with Crippen LogP contribution in [0, 0.1) is 15.5 Å². The lowest BCUT2D eigenvalue weighted by Gasteiger charge is -2.22. The first-order valence-electron chi connectivity index (χ1n) is 6.95. The lowest BCUT2D eigenvalue weighted by Crippen LogP contribution is -2.33. The van der Waals surface area contributed by atoms with E-state index in [4.69, 9.17) is 11.6 Å². The number of nitro benzene ring substituents is 1. The van der Waals surface area contributed by atoms with Gasteiger partial charge >= 0.3 is 0 Å². The predicted molar refractivity (Wildman–Crippen MR) is 85.8 cm³/mol. The SMILES string of the molecule is Cl.O=C(c1ccc(Cl)cc1[N+](=O)[O-])N1CCC2(CCNC2)C1. The summed E-state index contributed by atoms with van der Waals surface area (Å²) < 4.78 is 0. The average molecular weight is 346 g/mol. The molecule has 1 aromatic carbocycles. The molecular weight excluding hydrogens is 329 g/mol. The van der Waals surface area contributed by atoms with Crippen LogP contribution in [0.15, 0.2) is 18.2 Å². The van der Waals surface area contributed by atoms with Gasteiger partial charge in [-0.3, -0.25) is 14.9 Å². The molecule has 2 aliphatic heterocycles. The van der Waals surface area contributed by atoms with Crippen molar-refractivity contribution in [2.24, 2.45) is 5.41 Å². The van der Waals surface area contributed by atoms with E-state index in [-0.39, 0.29) is 40.0 Å². The molecule has 0 radical (unpaired) electrons. The van der Waals surface area contributed by atoms with E-state index in [1.54, 1.807) is 4.90 Å². The standard InChI is InChI=1S/C14H16ClN3O3.ClH/c15-10-1-2-11(12(7-10)18(20)21)13(19)17-6-4-14(9-17)3-5-16-8-14;/h1-2,7,16H,3-6,8-9H2;1H. The fourth-order valence-electron chi connectivity index (χ4n) is 3.26. The predicted octanol–water partition coefficient (Wildman–Crippen LogP) is 2.50. The van der Waals surface area contributed by atoms with Gasteiger partial charge in [0.2, 0.25) is 0 Å². The molecule has 0 aromatic heterocycles. The lowest BCUT2D eigenvalue weighted by molar-refractivity contribution is -0.385. The summed E-state index contributed by atoms with van der Waals surface area (Å²) in [7, 11) is 0. The Hall–Kier alpha value is -1.37. The lowest BCUT2D eigenvalue weighted by atomic mass is 9.86. The summed E-state index contributed by atoms with van der Waals surface area (Å²) in [6.07, 6.45) is 2.01. The van der Waals surface area contributed by atoms with Crippen LogP contribution in [-0.4, -0.2) is 41.9 Å². The number of rotatable bonds is 2. The Morgan fingerprint density at radius 3 is 2.82 bits per heavy atom. The van der Waals surface area contributed by atoms with Crippen LogP contribution >= 0.6 is 24.0 Å². The van der Waals surface area contributed by atoms with Gasteiger partial charge in [0, 0.05) is 36.1 Å². The highest BCUT2D eigenvalue weighted by Crippen LogP contribution is 2.37. The minimum atomic E-state index is -0.553. The van der Waals surface area contributed by atoms with E-state index >= 15 is 0 Å². The number of nitro groups is 1. The zero-order valence-electron chi connectivity index (χ0n) is 11.9. The summed E-state index contributed by atoms with van der Waals surface area (Å²) in [5.74, 6) is -0.276. The second kappa shape index (κ2) is 6.40. The van der Waals surface area contributed by atoms with E-state index < -0.39 is 4.92 Å². The number of hydrogen-bond acceptors (Lipinski definition) is 4. The van der Waals surface area contributed by atoms with Crippen LogP contribution in [0.1, 0.15) is 23.2 Å². The van der Waals surface area contributed by atoms with Crippen LogP contribution in [0.4, 0.5) is 5.69 Å². The molecule has 2 heterocycles. The van der Waals surface area contributed by atoms with Gasteiger partial charge in [0.05, 0.1) is 4.92 Å². The molecule has 1 unspecified atom stereocenters. The summed E-state index contributed by atoms with van der Waals surface area (Å²) in [5, 5.41) is 14.7. The van der Waals surface area contributed by atoms with Crippen molar-refractivity contribution in [2.75, 3.05) is 26.2 Å². The molecule has 8 heteroatoms. The quantitative estimate of drug-likeness (QED) is 0.659. The fourth-order valence-corrected chi connectivity index (χ4v) is 3.43. The van der Waals surface area contributed by atoms with E-state index in [0.29, 0.717) is 13.1 Å². The number of likely N-dealkylation sites (tertiary alicyclic amines) is 1. The second-order valence-electron chi connectivity index (χ2n) is 5.82. The number of nitrogens with one attached hydrogen (secondary N) is 1. The van der Waals surface area contributed by atoms with E-state index in [1.165, 1.54) is 18.2 Å². The first kappa shape index (κ1) is 17.0. The minimum Gasteiger partial charge on any atom is -0.338 e. The molecule has 6 nitrogen and oxygen atoms in total. The molecule has 22 heavy (non-hydrogen) atoms. The summed E-state index contributed by atoms with van der Waals surface area (Å²) >= 11 is 5.79. The zero-order chi connectivity index (χ0) is 15.0. The van der Waals surface area contributed by atoms with Gasteiger partial charge in [-0.15, -0.1) is 12.4 Å². The zero-order valence-corrected chi connectivity index (χ0v) is 13.5. The van der Waals surface area contributed by atoms with Crippen LogP contribution in [0.25, 0.3) is 0 Å². The Kier molecular flexibility index (Phi) is 4.94. The minimum absolute atomic E-state index is 0. The van der Waals surface area contributed by atoms with Crippen LogP contribution in [0.5, 0.6) is 0 Å². The molecule has 1 amide bonds. The first-order chi connectivity index (χ1) is 10.0. The molecule has 1 N–H and O–H groups in total. The van der Waals surface area contributed by atoms with E-state index in [0.717, 1.165) is 25.9 Å². The maximum atomic E-state index is 12.6. The highest BCUT2D eigenvalue weighted by Gasteiger charge is 2.42. The molecular formula is C14H17Cl2N3O3. The summed E-state index contributed by atoms with van der Waals surface area (Å²) in [6.45, 7) is 3.21. The largest absolute Gasteiger partial charge is 0.338 e. The average Bonchev–Trinajstić information content (AvgIpc) is 3.09. The van der Waals surface area contributed by atoms with E-state index in [1.807, 2.05) is 0 Å². The molecule has 1 atom stereocenters. The summed E-state index contributed by atoms with van der Waals surface area (Å²) in [6, 6.07) is 4.20. The number of nitrogens with zero attached hydrogens (tertiary/aromatic N) is 2. The molecule has 3 rings (SSSR count). The summed E-state index contributed by atoms with van der Waals surface area (Å²) in [5.41, 5.74) is 0.0436. The number of halogens is 2. The van der Waals surface area contributed by atoms with Crippen LogP contribution in [0.2, 0.25) is 5.02 Å². The van der Waals surface area contributed by atoms with Gasteiger partial charge in [0.15, 0.2) is 0 Å². The summed E-state index contributed by atoms with van der Waals surface area (Å²) in [4.78, 5) is 24.9. The molecule has 1 aromatic rings. The maximum absolute atomic E-state index is 12.6. The number of benzene rings is 1. The molecule has 2 aliphatic rings. The normalized spacial score (nSPS) is 23.6. The van der Waals surface area contributed by atoms with Crippen molar-refractivity contribution >= 4 is 35.6 Å².